The van der Waals surface area contributed by atoms with Gasteiger partial charge in [-0.2, -0.15) is 0 Å². The molecule has 0 amide bonds. The molecular weight excluding hydrogens is 1880 g/mol. The normalized spacial score (nSPS) is 20.3. The molecule has 0 saturated heterocycles. The fourth-order valence-electron chi connectivity index (χ4n) is 18.4. The van der Waals surface area contributed by atoms with Crippen LogP contribution in [0.1, 0.15) is 215 Å². The van der Waals surface area contributed by atoms with E-state index in [1.807, 2.05) is 52.8 Å². The summed E-state index contributed by atoms with van der Waals surface area (Å²) in [5.74, 6) is -26.6. The molecule has 9 fully saturated rings. The van der Waals surface area contributed by atoms with E-state index in [2.05, 4.69) is 9.47 Å². The molecule has 15 rings (SSSR count). The van der Waals surface area contributed by atoms with Gasteiger partial charge in [0.15, 0.2) is 52.0 Å². The van der Waals surface area contributed by atoms with E-state index >= 15 is 0 Å². The molecule has 762 valence electrons. The highest BCUT2D eigenvalue weighted by molar-refractivity contribution is 6.38. The molecule has 43 heteroatoms. The largest absolute Gasteiger partial charge is 0.542 e. The highest BCUT2D eigenvalue weighted by Gasteiger charge is 2.65. The highest BCUT2D eigenvalue weighted by Crippen LogP contribution is 2.65. The van der Waals surface area contributed by atoms with E-state index in [1.165, 1.54) is 51.0 Å². The Morgan fingerprint density at radius 1 is 0.387 bits per heavy atom. The quantitative estimate of drug-likeness (QED) is 0.0124. The Kier molecular flexibility index (Phi) is 41.4. The van der Waals surface area contributed by atoms with E-state index < -0.39 is 203 Å². The third-order valence-electron chi connectivity index (χ3n) is 23.4. The fraction of sp³-hybridized carbons (Fsp3) is 0.455. The number of ketones is 7. The first-order valence-corrected chi connectivity index (χ1v) is 44.5. The van der Waals surface area contributed by atoms with Crippen molar-refractivity contribution in [2.75, 3.05) is 27.4 Å². The van der Waals surface area contributed by atoms with Gasteiger partial charge in [-0.15, -0.1) is 0 Å². The number of ether oxygens (including phenoxy) is 12. The minimum atomic E-state index is -1.95. The Hall–Kier alpha value is -15.6. The van der Waals surface area contributed by atoms with Crippen molar-refractivity contribution in [1.29, 1.82) is 0 Å². The highest BCUT2D eigenvalue weighted by atomic mass is 16.6. The van der Waals surface area contributed by atoms with E-state index in [1.54, 1.807) is 72.8 Å². The summed E-state index contributed by atoms with van der Waals surface area (Å²) in [4.78, 5) is 265. The Labute approximate surface area is 810 Å². The number of rotatable bonds is 36. The maximum Gasteiger partial charge on any atom is 0.338 e. The number of aliphatic carboxylic acids is 7. The van der Waals surface area contributed by atoms with E-state index in [0.29, 0.717) is 91.4 Å². The third-order valence-corrected chi connectivity index (χ3v) is 23.4. The van der Waals surface area contributed by atoms with E-state index in [4.69, 9.17) is 47.4 Å². The Balaban J connectivity index is 0.000000227. The number of Topliss-reactive ketones (excluding diaryl/α,β-unsaturated/α-hetero) is 7. The van der Waals surface area contributed by atoms with Crippen LogP contribution < -0.4 is 64.2 Å². The zero-order valence-corrected chi connectivity index (χ0v) is 78.2. The van der Waals surface area contributed by atoms with Gasteiger partial charge in [-0.05, 0) is 212 Å². The number of esters is 10. The van der Waals surface area contributed by atoms with Gasteiger partial charge in [0.25, 0.3) is 0 Å². The second-order valence-corrected chi connectivity index (χ2v) is 35.8. The molecule has 9 saturated carbocycles. The Bertz CT molecular complexity index is 5570. The number of aryl methyl sites for hydroxylation is 1. The average Bonchev–Trinajstić information content (AvgIpc) is 0.855. The van der Waals surface area contributed by atoms with Crippen LogP contribution in [0.15, 0.2) is 121 Å². The van der Waals surface area contributed by atoms with Crippen molar-refractivity contribution in [3.63, 3.8) is 0 Å². The molecule has 4 atom stereocenters. The first-order valence-electron chi connectivity index (χ1n) is 44.5. The minimum absolute atomic E-state index is 0.00607. The molecule has 8 bridgehead atoms. The van der Waals surface area contributed by atoms with Gasteiger partial charge in [0.2, 0.25) is 0 Å². The molecule has 0 aromatic heterocycles. The van der Waals surface area contributed by atoms with Gasteiger partial charge in [-0.1, -0.05) is 80.9 Å². The summed E-state index contributed by atoms with van der Waals surface area (Å²) in [7, 11) is 2.84. The topological polar surface area (TPSA) is 682 Å². The predicted molar refractivity (Wildman–Crippen MR) is 459 cm³/mol. The zero-order valence-electron chi connectivity index (χ0n) is 78.2. The zero-order chi connectivity index (χ0) is 105. The van der Waals surface area contributed by atoms with Crippen molar-refractivity contribution in [2.24, 2.45) is 34.5 Å². The standard InChI is InChI=1S/C21H28O7.C16H20O7.C14H14O6.C14H16O5.C13H12O7.C11H10O6.C10H8O5/c22-16(18(24)25)7-17(23)28-21-10-13-6-14(11-21)9-20(8-13,12-21)19(26)27-15-4-2-1-3-5-15;1-22-14(21)15-4-9-2-10(5-15)7-16(6-9,8-15)23-12(18)3-11(17)13(19)20;1-14(2)7-8-4-3-5-10(12(8)20-14)19-11(16)6-9(15)13(17)18;1-8(2)10-5-4-9(3)6-12(10)19-13(16)7-11(15)14(17)18;14-10(12(16)17)8-11(15)19-6-7-20-13(18)9-4-2-1-3-5-9;1-16-7-2-4-8(5-3-7)17-10(13)6-9(12)11(14)15;11-8(10(13)14)6-9(12)15-7-4-2-1-3-5-7/h13-15H,1-12H2,(H,24,25);9-10H,2-8H2,1H3,(H,19,20);3-5H,6-7H2,1-2H3,(H,17,18);4-6,8H,7H2,1-3H3,(H,17,18);1-5H,6-8H2,(H,16,17);2-5H,6H2,1H3,(H,14,15);1-5H,6H2,(H,13,14)/p-7. The smallest absolute Gasteiger partial charge is 0.338 e. The molecular formula is C99H101O43-7. The van der Waals surface area contributed by atoms with Crippen molar-refractivity contribution in [1.82, 2.24) is 0 Å². The molecule has 1 heterocycles. The maximum absolute atomic E-state index is 13.2. The monoisotopic (exact) mass is 1980 g/mol. The van der Waals surface area contributed by atoms with Crippen molar-refractivity contribution in [3.05, 3.63) is 144 Å². The van der Waals surface area contributed by atoms with Crippen LogP contribution in [-0.2, 0) is 145 Å². The predicted octanol–water partition coefficient (Wildman–Crippen LogP) is -0.342. The van der Waals surface area contributed by atoms with Crippen LogP contribution >= 0.6 is 0 Å². The van der Waals surface area contributed by atoms with Gasteiger partial charge in [-0.3, -0.25) is 76.7 Å². The van der Waals surface area contributed by atoms with E-state index in [-0.39, 0.29) is 54.4 Å². The molecule has 0 N–H and O–H groups in total. The maximum atomic E-state index is 13.2. The fourth-order valence-corrected chi connectivity index (χ4v) is 18.4. The minimum Gasteiger partial charge on any atom is -0.542 e. The number of carbonyl (C=O) groups excluding carboxylic acids is 24. The van der Waals surface area contributed by atoms with Crippen molar-refractivity contribution >= 4 is 142 Å². The molecule has 142 heavy (non-hydrogen) atoms. The molecule has 10 aliphatic rings. The number of benzene rings is 5. The van der Waals surface area contributed by atoms with E-state index in [0.717, 1.165) is 80.9 Å². The number of methoxy groups -OCH3 is 2. The Morgan fingerprint density at radius 2 is 0.761 bits per heavy atom. The molecule has 43 nitrogen and oxygen atoms in total. The summed E-state index contributed by atoms with van der Waals surface area (Å²) < 4.78 is 61.4. The molecule has 4 unspecified atom stereocenters. The number of carboxylic acid groups (broad SMARTS) is 7. The van der Waals surface area contributed by atoms with Crippen LogP contribution in [0, 0.1) is 41.4 Å². The lowest BCUT2D eigenvalue weighted by Gasteiger charge is -2.59. The first-order chi connectivity index (χ1) is 66.8. The van der Waals surface area contributed by atoms with Crippen LogP contribution in [0.5, 0.6) is 34.5 Å². The first kappa shape index (κ1) is 113. The molecule has 0 radical (unpaired) electrons. The second kappa shape index (κ2) is 51.9. The molecule has 5 aromatic carbocycles. The number of para-hydroxylation sites is 2. The molecule has 1 aliphatic heterocycles. The summed E-state index contributed by atoms with van der Waals surface area (Å²) in [6.07, 6.45) is 8.48. The summed E-state index contributed by atoms with van der Waals surface area (Å²) in [5, 5.41) is 71.7. The molecule has 9 aliphatic carbocycles. The van der Waals surface area contributed by atoms with Crippen molar-refractivity contribution in [2.45, 2.75) is 224 Å². The van der Waals surface area contributed by atoms with Crippen LogP contribution in [0.3, 0.4) is 0 Å². The number of carbonyl (C=O) groups is 24. The van der Waals surface area contributed by atoms with Gasteiger partial charge >= 0.3 is 59.7 Å². The lowest BCUT2D eigenvalue weighted by molar-refractivity contribution is -0.301. The van der Waals surface area contributed by atoms with Gasteiger partial charge in [0, 0.05) is 24.8 Å². The molecule has 5 aromatic rings. The van der Waals surface area contributed by atoms with Crippen LogP contribution in [0.25, 0.3) is 0 Å². The van der Waals surface area contributed by atoms with Crippen LogP contribution in [0.4, 0.5) is 0 Å². The van der Waals surface area contributed by atoms with Gasteiger partial charge in [0.05, 0.1) is 30.6 Å². The number of hydrogen-bond donors (Lipinski definition) is 0. The van der Waals surface area contributed by atoms with Crippen LogP contribution in [0.2, 0.25) is 0 Å². The summed E-state index contributed by atoms with van der Waals surface area (Å²) >= 11 is 0. The number of fused-ring (bicyclic) bond motifs is 1. The van der Waals surface area contributed by atoms with E-state index in [9.17, 15) is 151 Å². The third kappa shape index (κ3) is 35.1. The lowest BCUT2D eigenvalue weighted by atomic mass is 9.48. The van der Waals surface area contributed by atoms with Crippen LogP contribution in [-0.4, -0.2) is 192 Å². The summed E-state index contributed by atoms with van der Waals surface area (Å²) in [6, 6.07) is 32.8. The number of carboxylic acids is 7. The number of hydrogen-bond acceptors (Lipinski definition) is 43. The lowest BCUT2D eigenvalue weighted by Crippen LogP contribution is -2.60. The molecule has 0 spiro atoms. The van der Waals surface area contributed by atoms with Gasteiger partial charge in [0.1, 0.15) is 146 Å². The van der Waals surface area contributed by atoms with Crippen molar-refractivity contribution < 1.29 is 208 Å². The average molecular weight is 1980 g/mol. The summed E-state index contributed by atoms with van der Waals surface area (Å²) in [5.41, 5.74) is -0.208. The second-order valence-electron chi connectivity index (χ2n) is 35.8. The SMILES string of the molecule is CC1(C)Cc2cccc(OC(=O)CC(=O)C(=O)[O-])c2O1.COC(=O)C12CC3CC(CC(OC(=O)CC(=O)C(=O)[O-])(C3)C1)C2.COc1ccc(OC(=O)CC(=O)C(=O)[O-])cc1.Cc1ccc(C(C)C)c(OC(=O)CC(=O)C(=O)[O-])c1.O=C(CC(=O)C(=O)[O-])OC12CC3CC(C1)CC(C(=O)OC1CCCCC1)(C3)C2.O=C(CC(=O)C(=O)[O-])OCCOC(=O)c1ccccc1.O=C(CC(=O)C(=O)[O-])Oc1ccccc1. The van der Waals surface area contributed by atoms with Crippen molar-refractivity contribution in [3.8, 4) is 34.5 Å². The Morgan fingerprint density at radius 3 is 1.17 bits per heavy atom. The van der Waals surface area contributed by atoms with Gasteiger partial charge in [-0.25, -0.2) is 4.79 Å². The summed E-state index contributed by atoms with van der Waals surface area (Å²) in [6.45, 7) is 9.06. The van der Waals surface area contributed by atoms with Gasteiger partial charge < -0.3 is 126 Å².